The molecule has 1 unspecified atom stereocenters. The molecule has 0 aliphatic heterocycles. The summed E-state index contributed by atoms with van der Waals surface area (Å²) in [5, 5.41) is 22.5. The van der Waals surface area contributed by atoms with Crippen molar-refractivity contribution >= 4 is 17.6 Å². The molecule has 2 rings (SSSR count). The van der Waals surface area contributed by atoms with Crippen LogP contribution in [0, 0.1) is 0 Å². The predicted octanol–water partition coefficient (Wildman–Crippen LogP) is 3.59. The van der Waals surface area contributed by atoms with Crippen LogP contribution in [0.4, 0.5) is 0 Å². The average molecular weight is 306 g/mol. The van der Waals surface area contributed by atoms with Crippen LogP contribution >= 0.6 is 11.6 Å². The Balaban J connectivity index is 2.02. The van der Waals surface area contributed by atoms with Gasteiger partial charge in [-0.05, 0) is 42.8 Å². The largest absolute Gasteiger partial charge is 0.508 e. The van der Waals surface area contributed by atoms with Gasteiger partial charge in [-0.15, -0.1) is 0 Å². The first-order valence-electron chi connectivity index (χ1n) is 6.51. The highest BCUT2D eigenvalue weighted by molar-refractivity contribution is 6.30. The fourth-order valence-electron chi connectivity index (χ4n) is 2.02. The lowest BCUT2D eigenvalue weighted by atomic mass is 10.1. The van der Waals surface area contributed by atoms with Gasteiger partial charge in [-0.2, -0.15) is 0 Å². The highest BCUT2D eigenvalue weighted by Crippen LogP contribution is 2.27. The second kappa shape index (κ2) is 6.61. The van der Waals surface area contributed by atoms with Gasteiger partial charge in [0.1, 0.15) is 5.75 Å². The molecule has 3 N–H and O–H groups in total. The SMILES string of the molecule is CC(NCc1ccc(C(=O)O)cc1)c1cc(Cl)ccc1O. The van der Waals surface area contributed by atoms with Gasteiger partial charge in [0, 0.05) is 23.2 Å². The van der Waals surface area contributed by atoms with E-state index in [0.29, 0.717) is 11.6 Å². The number of hydrogen-bond donors (Lipinski definition) is 3. The lowest BCUT2D eigenvalue weighted by Gasteiger charge is -2.16. The lowest BCUT2D eigenvalue weighted by Crippen LogP contribution is -2.18. The number of hydrogen-bond acceptors (Lipinski definition) is 3. The molecular weight excluding hydrogens is 290 g/mol. The van der Waals surface area contributed by atoms with Gasteiger partial charge in [-0.1, -0.05) is 23.7 Å². The molecule has 0 amide bonds. The van der Waals surface area contributed by atoms with Crippen LogP contribution in [0.2, 0.25) is 5.02 Å². The van der Waals surface area contributed by atoms with Crippen molar-refractivity contribution in [3.8, 4) is 5.75 Å². The minimum absolute atomic E-state index is 0.0807. The Labute approximate surface area is 128 Å². The quantitative estimate of drug-likeness (QED) is 0.789. The van der Waals surface area contributed by atoms with Crippen LogP contribution in [0.15, 0.2) is 42.5 Å². The van der Waals surface area contributed by atoms with Gasteiger partial charge in [0.25, 0.3) is 0 Å². The Bertz CT molecular complexity index is 640. The molecule has 0 radical (unpaired) electrons. The number of phenolic OH excluding ortho intramolecular Hbond substituents is 1. The summed E-state index contributed by atoms with van der Waals surface area (Å²) in [6.45, 7) is 2.49. The molecule has 0 saturated heterocycles. The molecule has 0 spiro atoms. The molecule has 21 heavy (non-hydrogen) atoms. The van der Waals surface area contributed by atoms with E-state index in [2.05, 4.69) is 5.32 Å². The summed E-state index contributed by atoms with van der Waals surface area (Å²) < 4.78 is 0. The number of phenols is 1. The van der Waals surface area contributed by atoms with Crippen molar-refractivity contribution in [2.24, 2.45) is 0 Å². The van der Waals surface area contributed by atoms with E-state index in [4.69, 9.17) is 16.7 Å². The number of carboxylic acids is 1. The van der Waals surface area contributed by atoms with Gasteiger partial charge in [-0.25, -0.2) is 4.79 Å². The first kappa shape index (κ1) is 15.4. The molecule has 2 aromatic rings. The van der Waals surface area contributed by atoms with Crippen LogP contribution in [0.25, 0.3) is 0 Å². The molecule has 0 heterocycles. The second-order valence-corrected chi connectivity index (χ2v) is 5.24. The Kier molecular flexibility index (Phi) is 4.83. The predicted molar refractivity (Wildman–Crippen MR) is 81.8 cm³/mol. The normalized spacial score (nSPS) is 12.1. The molecule has 0 aliphatic carbocycles. The third-order valence-corrected chi connectivity index (χ3v) is 3.50. The number of carbonyl (C=O) groups is 1. The molecular formula is C16H16ClNO3. The summed E-state index contributed by atoms with van der Waals surface area (Å²) in [5.41, 5.74) is 1.96. The maximum Gasteiger partial charge on any atom is 0.335 e. The van der Waals surface area contributed by atoms with Crippen molar-refractivity contribution in [2.45, 2.75) is 19.5 Å². The molecule has 5 heteroatoms. The summed E-state index contributed by atoms with van der Waals surface area (Å²) in [6, 6.07) is 11.5. The zero-order valence-electron chi connectivity index (χ0n) is 11.5. The summed E-state index contributed by atoms with van der Waals surface area (Å²) in [5.74, 6) is -0.743. The zero-order chi connectivity index (χ0) is 15.4. The number of benzene rings is 2. The van der Waals surface area contributed by atoms with Crippen LogP contribution in [-0.4, -0.2) is 16.2 Å². The summed E-state index contributed by atoms with van der Waals surface area (Å²) in [6.07, 6.45) is 0. The number of aromatic carboxylic acids is 1. The van der Waals surface area contributed by atoms with Gasteiger partial charge in [0.05, 0.1) is 5.56 Å². The lowest BCUT2D eigenvalue weighted by molar-refractivity contribution is 0.0697. The third kappa shape index (κ3) is 3.97. The number of aromatic hydroxyl groups is 1. The molecule has 0 saturated carbocycles. The number of carboxylic acid groups (broad SMARTS) is 1. The Morgan fingerprint density at radius 3 is 2.52 bits per heavy atom. The fourth-order valence-corrected chi connectivity index (χ4v) is 2.20. The number of nitrogens with one attached hydrogen (secondary N) is 1. The first-order valence-corrected chi connectivity index (χ1v) is 6.89. The van der Waals surface area contributed by atoms with Crippen LogP contribution in [0.3, 0.4) is 0 Å². The molecule has 0 fully saturated rings. The monoisotopic (exact) mass is 305 g/mol. The molecule has 4 nitrogen and oxygen atoms in total. The Morgan fingerprint density at radius 2 is 1.90 bits per heavy atom. The van der Waals surface area contributed by atoms with Crippen molar-refractivity contribution in [1.82, 2.24) is 5.32 Å². The number of rotatable bonds is 5. The van der Waals surface area contributed by atoms with E-state index in [-0.39, 0.29) is 17.4 Å². The average Bonchev–Trinajstić information content (AvgIpc) is 2.47. The standard InChI is InChI=1S/C16H16ClNO3/c1-10(14-8-13(17)6-7-15(14)19)18-9-11-2-4-12(5-3-11)16(20)21/h2-8,10,18-19H,9H2,1H3,(H,20,21). The van der Waals surface area contributed by atoms with Gasteiger partial charge in [-0.3, -0.25) is 0 Å². The van der Waals surface area contributed by atoms with Crippen LogP contribution in [0.1, 0.15) is 34.5 Å². The van der Waals surface area contributed by atoms with Gasteiger partial charge in [0.15, 0.2) is 0 Å². The highest BCUT2D eigenvalue weighted by Gasteiger charge is 2.10. The Morgan fingerprint density at radius 1 is 1.24 bits per heavy atom. The smallest absolute Gasteiger partial charge is 0.335 e. The van der Waals surface area contributed by atoms with Crippen LogP contribution in [0.5, 0.6) is 5.75 Å². The van der Waals surface area contributed by atoms with E-state index in [9.17, 15) is 9.90 Å². The zero-order valence-corrected chi connectivity index (χ0v) is 12.3. The van der Waals surface area contributed by atoms with Crippen LogP contribution in [-0.2, 0) is 6.54 Å². The maximum absolute atomic E-state index is 10.8. The molecule has 0 aromatic heterocycles. The summed E-state index contributed by atoms with van der Waals surface area (Å²) in [4.78, 5) is 10.8. The molecule has 2 aromatic carbocycles. The van der Waals surface area contributed by atoms with Crippen molar-refractivity contribution in [3.05, 3.63) is 64.2 Å². The highest BCUT2D eigenvalue weighted by atomic mass is 35.5. The summed E-state index contributed by atoms with van der Waals surface area (Å²) >= 11 is 5.93. The van der Waals surface area contributed by atoms with E-state index < -0.39 is 5.97 Å². The third-order valence-electron chi connectivity index (χ3n) is 3.27. The van der Waals surface area contributed by atoms with Crippen molar-refractivity contribution in [3.63, 3.8) is 0 Å². The molecule has 0 aliphatic rings. The van der Waals surface area contributed by atoms with E-state index in [0.717, 1.165) is 11.1 Å². The summed E-state index contributed by atoms with van der Waals surface area (Å²) in [7, 11) is 0. The van der Waals surface area contributed by atoms with E-state index >= 15 is 0 Å². The van der Waals surface area contributed by atoms with Crippen molar-refractivity contribution < 1.29 is 15.0 Å². The van der Waals surface area contributed by atoms with E-state index in [1.807, 2.05) is 6.92 Å². The minimum Gasteiger partial charge on any atom is -0.508 e. The van der Waals surface area contributed by atoms with Crippen molar-refractivity contribution in [1.29, 1.82) is 0 Å². The van der Waals surface area contributed by atoms with Gasteiger partial charge in [0.2, 0.25) is 0 Å². The van der Waals surface area contributed by atoms with Crippen molar-refractivity contribution in [2.75, 3.05) is 0 Å². The molecule has 1 atom stereocenters. The van der Waals surface area contributed by atoms with Crippen LogP contribution < -0.4 is 5.32 Å². The Hall–Kier alpha value is -2.04. The van der Waals surface area contributed by atoms with Gasteiger partial charge < -0.3 is 15.5 Å². The fraction of sp³-hybridized carbons (Fsp3) is 0.188. The van der Waals surface area contributed by atoms with E-state index in [1.54, 1.807) is 42.5 Å². The second-order valence-electron chi connectivity index (χ2n) is 4.81. The number of halogens is 1. The minimum atomic E-state index is -0.938. The molecule has 0 bridgehead atoms. The molecule has 110 valence electrons. The first-order chi connectivity index (χ1) is 9.97. The topological polar surface area (TPSA) is 69.6 Å². The van der Waals surface area contributed by atoms with Gasteiger partial charge >= 0.3 is 5.97 Å². The maximum atomic E-state index is 10.8. The van der Waals surface area contributed by atoms with E-state index in [1.165, 1.54) is 0 Å².